The number of hydrogen-bond donors (Lipinski definition) is 1. The average molecular weight is 594 g/mol. The quantitative estimate of drug-likeness (QED) is 0.253. The number of halogens is 3. The number of carboxylic acids is 1. The number of rotatable bonds is 8. The van der Waals surface area contributed by atoms with Crippen molar-refractivity contribution < 1.29 is 28.2 Å². The predicted molar refractivity (Wildman–Crippen MR) is 150 cm³/mol. The Balaban J connectivity index is 1.24. The first-order valence-electron chi connectivity index (χ1n) is 13.5. The minimum Gasteiger partial charge on any atom is -0.478 e. The number of aromatic nitrogens is 3. The molecule has 12 heteroatoms. The summed E-state index contributed by atoms with van der Waals surface area (Å²) in [5.74, 6) is -1.89. The summed E-state index contributed by atoms with van der Waals surface area (Å²) in [7, 11) is 0. The molecule has 0 radical (unpaired) electrons. The van der Waals surface area contributed by atoms with Crippen LogP contribution in [-0.4, -0.2) is 49.8 Å². The van der Waals surface area contributed by atoms with Gasteiger partial charge in [-0.1, -0.05) is 23.7 Å². The molecule has 4 aromatic rings. The lowest BCUT2D eigenvalue weighted by Crippen LogP contribution is -2.32. The fraction of sp³-hybridized carbons (Fsp3) is 0.333. The minimum atomic E-state index is -1.33. The summed E-state index contributed by atoms with van der Waals surface area (Å²) >= 11 is 6.44. The number of nitrogens with zero attached hydrogens (tertiary/aromatic N) is 5. The maximum absolute atomic E-state index is 15.4. The van der Waals surface area contributed by atoms with E-state index in [-0.39, 0.29) is 35.4 Å². The van der Waals surface area contributed by atoms with E-state index in [2.05, 4.69) is 14.7 Å². The first-order chi connectivity index (χ1) is 20.3. The molecule has 2 aliphatic rings. The Labute approximate surface area is 245 Å². The summed E-state index contributed by atoms with van der Waals surface area (Å²) in [6.07, 6.45) is 2.30. The van der Waals surface area contributed by atoms with Gasteiger partial charge in [-0.05, 0) is 49.1 Å². The lowest BCUT2D eigenvalue weighted by molar-refractivity contribution is 0.0692. The van der Waals surface area contributed by atoms with Gasteiger partial charge in [0.15, 0.2) is 11.5 Å². The number of benzene rings is 2. The van der Waals surface area contributed by atoms with Crippen molar-refractivity contribution in [1.82, 2.24) is 19.4 Å². The SMILES string of the molecule is [C-]#[N+]c1ccc(COc2nc3c(cc2Cl)CCN(Cc2nc4ccc(C(=O)O)c(F)c4n2C[C@@H]2CCCO2)C3)c(F)c1. The van der Waals surface area contributed by atoms with Crippen LogP contribution < -0.4 is 4.74 Å². The first-order valence-corrected chi connectivity index (χ1v) is 13.9. The van der Waals surface area contributed by atoms with E-state index in [0.717, 1.165) is 30.2 Å². The van der Waals surface area contributed by atoms with Crippen LogP contribution in [0.2, 0.25) is 5.02 Å². The Morgan fingerprint density at radius 2 is 2.10 bits per heavy atom. The highest BCUT2D eigenvalue weighted by atomic mass is 35.5. The molecule has 2 aromatic heterocycles. The van der Waals surface area contributed by atoms with Crippen LogP contribution in [0.3, 0.4) is 0 Å². The number of pyridine rings is 1. The van der Waals surface area contributed by atoms with Crippen molar-refractivity contribution >= 4 is 34.3 Å². The minimum absolute atomic E-state index is 0.101. The molecule has 42 heavy (non-hydrogen) atoms. The van der Waals surface area contributed by atoms with Crippen molar-refractivity contribution in [2.45, 2.75) is 51.6 Å². The van der Waals surface area contributed by atoms with Crippen LogP contribution in [-0.2, 0) is 37.4 Å². The van der Waals surface area contributed by atoms with Gasteiger partial charge in [0.2, 0.25) is 5.88 Å². The third kappa shape index (κ3) is 5.53. The van der Waals surface area contributed by atoms with Crippen molar-refractivity contribution in [3.63, 3.8) is 0 Å². The topological polar surface area (TPSA) is 94.1 Å². The van der Waals surface area contributed by atoms with Gasteiger partial charge in [-0.15, -0.1) is 0 Å². The normalized spacial score (nSPS) is 16.9. The van der Waals surface area contributed by atoms with Crippen molar-refractivity contribution in [2.75, 3.05) is 13.2 Å². The third-order valence-electron chi connectivity index (χ3n) is 7.64. The molecular weight excluding hydrogens is 568 g/mol. The zero-order valence-electron chi connectivity index (χ0n) is 22.4. The van der Waals surface area contributed by atoms with Gasteiger partial charge >= 0.3 is 5.97 Å². The molecule has 2 aromatic carbocycles. The Morgan fingerprint density at radius 3 is 2.83 bits per heavy atom. The summed E-state index contributed by atoms with van der Waals surface area (Å²) in [6, 6.07) is 8.77. The van der Waals surface area contributed by atoms with Crippen LogP contribution in [0.4, 0.5) is 14.5 Å². The molecule has 0 spiro atoms. The molecule has 1 atom stereocenters. The van der Waals surface area contributed by atoms with Gasteiger partial charge in [0.25, 0.3) is 0 Å². The molecule has 0 saturated carbocycles. The first kappa shape index (κ1) is 28.0. The standard InChI is InChI=1S/C30H26ClF2N5O4/c1-34-19-5-4-18(23(32)12-19)16-42-29-22(31)11-17-8-9-37(14-25(17)36-29)15-26-35-24-7-6-21(30(39)40)27(33)28(24)38(26)13-20-3-2-10-41-20/h4-7,11-12,20H,2-3,8-10,13-16H2,(H,39,40)/t20-/m0/s1. The molecule has 9 nitrogen and oxygen atoms in total. The smallest absolute Gasteiger partial charge is 0.338 e. The molecule has 0 bridgehead atoms. The van der Waals surface area contributed by atoms with Crippen LogP contribution in [0.15, 0.2) is 36.4 Å². The zero-order valence-corrected chi connectivity index (χ0v) is 23.2. The Hall–Kier alpha value is -4.11. The number of carbonyl (C=O) groups is 1. The second-order valence-electron chi connectivity index (χ2n) is 10.4. The van der Waals surface area contributed by atoms with Gasteiger partial charge in [-0.2, -0.15) is 0 Å². The molecule has 0 aliphatic carbocycles. The number of hydrogen-bond acceptors (Lipinski definition) is 6. The molecule has 0 unspecified atom stereocenters. The number of aromatic carboxylic acids is 1. The van der Waals surface area contributed by atoms with Crippen molar-refractivity contribution in [1.29, 1.82) is 0 Å². The van der Waals surface area contributed by atoms with E-state index >= 15 is 4.39 Å². The number of fused-ring (bicyclic) bond motifs is 2. The number of ether oxygens (including phenoxy) is 2. The van der Waals surface area contributed by atoms with Crippen LogP contribution in [0.1, 0.15) is 45.8 Å². The van der Waals surface area contributed by atoms with Gasteiger partial charge < -0.3 is 19.1 Å². The fourth-order valence-electron chi connectivity index (χ4n) is 5.48. The monoisotopic (exact) mass is 593 g/mol. The number of carboxylic acid groups (broad SMARTS) is 1. The lowest BCUT2D eigenvalue weighted by atomic mass is 10.1. The van der Waals surface area contributed by atoms with E-state index in [1.54, 1.807) is 4.57 Å². The van der Waals surface area contributed by atoms with Gasteiger partial charge in [-0.3, -0.25) is 4.90 Å². The fourth-order valence-corrected chi connectivity index (χ4v) is 5.71. The summed E-state index contributed by atoms with van der Waals surface area (Å²) in [5, 5.41) is 9.81. The Morgan fingerprint density at radius 1 is 1.24 bits per heavy atom. The summed E-state index contributed by atoms with van der Waals surface area (Å²) in [6.45, 7) is 9.43. The maximum atomic E-state index is 15.4. The third-order valence-corrected chi connectivity index (χ3v) is 7.92. The van der Waals surface area contributed by atoms with Crippen molar-refractivity contribution in [2.24, 2.45) is 0 Å². The highest BCUT2D eigenvalue weighted by molar-refractivity contribution is 6.31. The average Bonchev–Trinajstić information content (AvgIpc) is 3.61. The molecule has 6 rings (SSSR count). The highest BCUT2D eigenvalue weighted by Gasteiger charge is 2.27. The van der Waals surface area contributed by atoms with Crippen LogP contribution in [0.25, 0.3) is 15.9 Å². The van der Waals surface area contributed by atoms with E-state index in [1.807, 2.05) is 6.07 Å². The summed E-state index contributed by atoms with van der Waals surface area (Å²) in [5.41, 5.74) is 2.37. The molecule has 1 N–H and O–H groups in total. The lowest BCUT2D eigenvalue weighted by Gasteiger charge is -2.28. The van der Waals surface area contributed by atoms with Crippen molar-refractivity contribution in [3.05, 3.63) is 92.7 Å². The van der Waals surface area contributed by atoms with Gasteiger partial charge in [0, 0.05) is 25.3 Å². The molecule has 216 valence electrons. The van der Waals surface area contributed by atoms with Gasteiger partial charge in [0.1, 0.15) is 28.8 Å². The maximum Gasteiger partial charge on any atom is 0.338 e. The van der Waals surface area contributed by atoms with Crippen molar-refractivity contribution in [3.8, 4) is 5.88 Å². The van der Waals surface area contributed by atoms with E-state index in [9.17, 15) is 14.3 Å². The molecule has 4 heterocycles. The van der Waals surface area contributed by atoms with Crippen LogP contribution >= 0.6 is 11.6 Å². The van der Waals surface area contributed by atoms with Gasteiger partial charge in [-0.25, -0.2) is 28.4 Å². The summed E-state index contributed by atoms with van der Waals surface area (Å²) in [4.78, 5) is 26.3. The zero-order chi connectivity index (χ0) is 29.4. The molecule has 0 amide bonds. The second kappa shape index (κ2) is 11.6. The van der Waals surface area contributed by atoms with Gasteiger partial charge in [0.05, 0.1) is 42.5 Å². The number of imidazole rings is 1. The molecule has 1 fully saturated rings. The second-order valence-corrected chi connectivity index (χ2v) is 10.8. The largest absolute Gasteiger partial charge is 0.478 e. The Bertz CT molecular complexity index is 1730. The van der Waals surface area contributed by atoms with E-state index in [0.29, 0.717) is 55.6 Å². The molecular formula is C30H26ClF2N5O4. The van der Waals surface area contributed by atoms with E-state index in [4.69, 9.17) is 32.6 Å². The van der Waals surface area contributed by atoms with E-state index in [1.165, 1.54) is 24.3 Å². The highest BCUT2D eigenvalue weighted by Crippen LogP contribution is 2.31. The Kier molecular flexibility index (Phi) is 7.77. The predicted octanol–water partition coefficient (Wildman–Crippen LogP) is 5.93. The molecule has 2 aliphatic heterocycles. The van der Waals surface area contributed by atoms with Crippen LogP contribution in [0, 0.1) is 18.2 Å². The van der Waals surface area contributed by atoms with Crippen LogP contribution in [0.5, 0.6) is 5.88 Å². The summed E-state index contributed by atoms with van der Waals surface area (Å²) < 4.78 is 43.1. The van der Waals surface area contributed by atoms with E-state index < -0.39 is 23.2 Å². The molecule has 1 saturated heterocycles.